The minimum absolute atomic E-state index is 0.440. The zero-order valence-electron chi connectivity index (χ0n) is 14.3. The largest absolute Gasteiger partial charge is 0.361 e. The van der Waals surface area contributed by atoms with E-state index >= 15 is 0 Å². The molecule has 22 heavy (non-hydrogen) atoms. The van der Waals surface area contributed by atoms with Crippen LogP contribution in [-0.4, -0.2) is 31.6 Å². The summed E-state index contributed by atoms with van der Waals surface area (Å²) in [6.45, 7) is 7.27. The molecule has 0 bridgehead atoms. The molecule has 1 saturated carbocycles. The first kappa shape index (κ1) is 17.1. The lowest BCUT2D eigenvalue weighted by Crippen LogP contribution is -2.35. The van der Waals surface area contributed by atoms with E-state index in [1.54, 1.807) is 0 Å². The van der Waals surface area contributed by atoms with E-state index in [0.29, 0.717) is 5.92 Å². The molecule has 2 heteroatoms. The fourth-order valence-corrected chi connectivity index (χ4v) is 3.49. The van der Waals surface area contributed by atoms with Gasteiger partial charge in [-0.2, -0.15) is 0 Å². The first-order valence-electron chi connectivity index (χ1n) is 8.59. The van der Waals surface area contributed by atoms with Crippen LogP contribution in [0.1, 0.15) is 45.1 Å². The van der Waals surface area contributed by atoms with Crippen molar-refractivity contribution in [2.24, 2.45) is 5.92 Å². The third-order valence-corrected chi connectivity index (χ3v) is 4.93. The van der Waals surface area contributed by atoms with Gasteiger partial charge in [-0.1, -0.05) is 68.9 Å². The Kier molecular flexibility index (Phi) is 6.49. The number of rotatable bonds is 6. The summed E-state index contributed by atoms with van der Waals surface area (Å²) in [5.74, 6) is 7.44. The number of hydrogen-bond acceptors (Lipinski definition) is 2. The van der Waals surface area contributed by atoms with Crippen LogP contribution in [0.2, 0.25) is 0 Å². The van der Waals surface area contributed by atoms with Crippen molar-refractivity contribution in [1.82, 2.24) is 4.90 Å². The van der Waals surface area contributed by atoms with E-state index in [1.807, 2.05) is 7.11 Å². The van der Waals surface area contributed by atoms with Crippen LogP contribution in [0, 0.1) is 17.8 Å². The van der Waals surface area contributed by atoms with Crippen LogP contribution < -0.4 is 0 Å². The molecule has 2 nitrogen and oxygen atoms in total. The molecule has 1 aromatic rings. The van der Waals surface area contributed by atoms with Gasteiger partial charge in [-0.15, -0.1) is 0 Å². The molecule has 0 saturated heterocycles. The standard InChI is InChI=1S/C20H29NO/c1-4-21(5-2)17-11-16-20(22-3,19-14-9-10-15-19)18-12-7-6-8-13-18/h6-8,12-13,19H,4-5,9-10,14-15,17H2,1-3H3/t20-/m0/s1. The maximum atomic E-state index is 6.06. The normalized spacial score (nSPS) is 18.0. The quantitative estimate of drug-likeness (QED) is 0.734. The van der Waals surface area contributed by atoms with Gasteiger partial charge in [0.15, 0.2) is 5.60 Å². The van der Waals surface area contributed by atoms with Crippen LogP contribution in [-0.2, 0) is 10.3 Å². The van der Waals surface area contributed by atoms with Gasteiger partial charge >= 0.3 is 0 Å². The second-order valence-corrected chi connectivity index (χ2v) is 6.05. The van der Waals surface area contributed by atoms with Gasteiger partial charge in [0.1, 0.15) is 0 Å². The molecule has 1 aromatic carbocycles. The van der Waals surface area contributed by atoms with Crippen LogP contribution in [0.5, 0.6) is 0 Å². The summed E-state index contributed by atoms with van der Waals surface area (Å²) in [6.07, 6.45) is 5.01. The maximum absolute atomic E-state index is 6.06. The Morgan fingerprint density at radius 2 is 1.77 bits per heavy atom. The van der Waals surface area contributed by atoms with Gasteiger partial charge in [0.05, 0.1) is 6.54 Å². The summed E-state index contributed by atoms with van der Waals surface area (Å²) in [6, 6.07) is 10.6. The van der Waals surface area contributed by atoms with Crippen molar-refractivity contribution in [2.75, 3.05) is 26.7 Å². The topological polar surface area (TPSA) is 12.5 Å². The number of methoxy groups -OCH3 is 1. The Morgan fingerprint density at radius 3 is 2.32 bits per heavy atom. The van der Waals surface area contributed by atoms with Crippen LogP contribution in [0.15, 0.2) is 30.3 Å². The average Bonchev–Trinajstić information content (AvgIpc) is 3.11. The monoisotopic (exact) mass is 299 g/mol. The Bertz CT molecular complexity index is 491. The highest BCUT2D eigenvalue weighted by atomic mass is 16.5. The van der Waals surface area contributed by atoms with Crippen molar-refractivity contribution >= 4 is 0 Å². The number of hydrogen-bond donors (Lipinski definition) is 0. The van der Waals surface area contributed by atoms with Gasteiger partial charge in [0.25, 0.3) is 0 Å². The van der Waals surface area contributed by atoms with E-state index in [-0.39, 0.29) is 0 Å². The summed E-state index contributed by atoms with van der Waals surface area (Å²) in [7, 11) is 1.82. The molecule has 0 aliphatic heterocycles. The molecule has 0 radical (unpaired) electrons. The first-order valence-corrected chi connectivity index (χ1v) is 8.59. The molecule has 0 heterocycles. The van der Waals surface area contributed by atoms with Crippen molar-refractivity contribution in [2.45, 2.75) is 45.1 Å². The van der Waals surface area contributed by atoms with E-state index in [2.05, 4.69) is 60.9 Å². The number of benzene rings is 1. The number of nitrogens with zero attached hydrogens (tertiary/aromatic N) is 1. The highest BCUT2D eigenvalue weighted by Crippen LogP contribution is 2.42. The van der Waals surface area contributed by atoms with Gasteiger partial charge in [-0.25, -0.2) is 0 Å². The zero-order chi connectivity index (χ0) is 15.8. The lowest BCUT2D eigenvalue weighted by Gasteiger charge is -2.34. The SMILES string of the molecule is CCN(CC)CC#C[C@](OC)(c1ccccc1)C1CCCC1. The highest BCUT2D eigenvalue weighted by Gasteiger charge is 2.40. The fraction of sp³-hybridized carbons (Fsp3) is 0.600. The predicted octanol–water partition coefficient (Wildman–Crippen LogP) is 4.06. The second-order valence-electron chi connectivity index (χ2n) is 6.05. The molecule has 0 aromatic heterocycles. The van der Waals surface area contributed by atoms with Crippen LogP contribution in [0.3, 0.4) is 0 Å². The molecule has 1 aliphatic carbocycles. The average molecular weight is 299 g/mol. The molecule has 1 fully saturated rings. The fourth-order valence-electron chi connectivity index (χ4n) is 3.49. The summed E-state index contributed by atoms with van der Waals surface area (Å²) < 4.78 is 6.06. The molecule has 2 rings (SSSR count). The van der Waals surface area contributed by atoms with Gasteiger partial charge in [0, 0.05) is 13.0 Å². The van der Waals surface area contributed by atoms with E-state index in [4.69, 9.17) is 4.74 Å². The van der Waals surface area contributed by atoms with Gasteiger partial charge in [-0.05, 0) is 31.5 Å². The molecule has 0 spiro atoms. The Hall–Kier alpha value is -1.30. The highest BCUT2D eigenvalue weighted by molar-refractivity contribution is 5.34. The second kappa shape index (κ2) is 8.36. The summed E-state index contributed by atoms with van der Waals surface area (Å²) in [5, 5.41) is 0. The van der Waals surface area contributed by atoms with Crippen molar-refractivity contribution in [3.05, 3.63) is 35.9 Å². The summed E-state index contributed by atoms with van der Waals surface area (Å²) in [5.41, 5.74) is 0.765. The molecule has 0 N–H and O–H groups in total. The minimum atomic E-state index is -0.440. The molecular weight excluding hydrogens is 270 g/mol. The molecule has 1 aliphatic rings. The van der Waals surface area contributed by atoms with E-state index in [0.717, 1.165) is 19.6 Å². The molecular formula is C20H29NO. The van der Waals surface area contributed by atoms with Crippen LogP contribution in [0.25, 0.3) is 0 Å². The first-order chi connectivity index (χ1) is 10.8. The molecule has 0 unspecified atom stereocenters. The van der Waals surface area contributed by atoms with Gasteiger partial charge < -0.3 is 4.74 Å². The molecule has 120 valence electrons. The summed E-state index contributed by atoms with van der Waals surface area (Å²) >= 11 is 0. The lowest BCUT2D eigenvalue weighted by molar-refractivity contribution is -0.0120. The van der Waals surface area contributed by atoms with Crippen molar-refractivity contribution in [3.63, 3.8) is 0 Å². The van der Waals surface area contributed by atoms with E-state index < -0.39 is 5.60 Å². The van der Waals surface area contributed by atoms with Crippen LogP contribution >= 0.6 is 0 Å². The maximum Gasteiger partial charge on any atom is 0.156 e. The van der Waals surface area contributed by atoms with E-state index in [9.17, 15) is 0 Å². The van der Waals surface area contributed by atoms with Gasteiger partial charge in [-0.3, -0.25) is 4.90 Å². The third-order valence-electron chi connectivity index (χ3n) is 4.93. The third kappa shape index (κ3) is 3.72. The minimum Gasteiger partial charge on any atom is -0.361 e. The molecule has 1 atom stereocenters. The van der Waals surface area contributed by atoms with Crippen molar-refractivity contribution in [1.29, 1.82) is 0 Å². The summed E-state index contributed by atoms with van der Waals surface area (Å²) in [4.78, 5) is 2.34. The Morgan fingerprint density at radius 1 is 1.14 bits per heavy atom. The zero-order valence-corrected chi connectivity index (χ0v) is 14.3. The number of ether oxygens (including phenoxy) is 1. The van der Waals surface area contributed by atoms with E-state index in [1.165, 1.54) is 31.2 Å². The van der Waals surface area contributed by atoms with Crippen molar-refractivity contribution in [3.8, 4) is 11.8 Å². The van der Waals surface area contributed by atoms with Crippen molar-refractivity contribution < 1.29 is 4.74 Å². The van der Waals surface area contributed by atoms with Gasteiger partial charge in [0.2, 0.25) is 0 Å². The smallest absolute Gasteiger partial charge is 0.156 e. The van der Waals surface area contributed by atoms with Crippen LogP contribution in [0.4, 0.5) is 0 Å². The lowest BCUT2D eigenvalue weighted by atomic mass is 9.80. The Labute approximate surface area is 135 Å². The molecule has 0 amide bonds. The predicted molar refractivity (Wildman–Crippen MR) is 92.7 cm³/mol. The Balaban J connectivity index is 2.30.